The van der Waals surface area contributed by atoms with Gasteiger partial charge in [-0.3, -0.25) is 4.99 Å². The van der Waals surface area contributed by atoms with E-state index in [1.54, 1.807) is 6.21 Å². The van der Waals surface area contributed by atoms with Crippen LogP contribution in [0.4, 0.5) is 0 Å². The first kappa shape index (κ1) is 5.29. The van der Waals surface area contributed by atoms with Crippen molar-refractivity contribution >= 4 is 6.21 Å². The minimum atomic E-state index is 1.12. The zero-order valence-electron chi connectivity index (χ0n) is 4.75. The molecule has 0 aliphatic carbocycles. The molecule has 1 rings (SSSR count). The largest absolute Gasteiger partial charge is 0.265 e. The van der Waals surface area contributed by atoms with Crippen molar-refractivity contribution in [2.75, 3.05) is 0 Å². The Bertz CT molecular complexity index is 115. The SMILES string of the molecule is C1=CCC/C=C\N=C1. The molecule has 0 aromatic heterocycles. The Morgan fingerprint density at radius 3 is 3.00 bits per heavy atom. The van der Waals surface area contributed by atoms with E-state index in [-0.39, 0.29) is 0 Å². The van der Waals surface area contributed by atoms with Gasteiger partial charge in [-0.25, -0.2) is 0 Å². The molecule has 0 atom stereocenters. The van der Waals surface area contributed by atoms with Gasteiger partial charge in [0.2, 0.25) is 0 Å². The third-order valence-corrected chi connectivity index (χ3v) is 1.000. The Balaban J connectivity index is 2.51. The Morgan fingerprint density at radius 2 is 2.00 bits per heavy atom. The maximum atomic E-state index is 3.94. The van der Waals surface area contributed by atoms with Crippen LogP contribution in [-0.2, 0) is 0 Å². The summed E-state index contributed by atoms with van der Waals surface area (Å²) in [7, 11) is 0. The van der Waals surface area contributed by atoms with Crippen LogP contribution in [0.2, 0.25) is 0 Å². The van der Waals surface area contributed by atoms with E-state index >= 15 is 0 Å². The third kappa shape index (κ3) is 1.73. The number of allylic oxidation sites excluding steroid dienone is 3. The molecule has 1 heterocycles. The topological polar surface area (TPSA) is 12.4 Å². The van der Waals surface area contributed by atoms with Gasteiger partial charge in [0.05, 0.1) is 0 Å². The molecule has 0 N–H and O–H groups in total. The summed E-state index contributed by atoms with van der Waals surface area (Å²) in [6, 6.07) is 0. The van der Waals surface area contributed by atoms with Gasteiger partial charge in [-0.1, -0.05) is 12.2 Å². The molecule has 1 nitrogen and oxygen atoms in total. The molecule has 42 valence electrons. The summed E-state index contributed by atoms with van der Waals surface area (Å²) in [6.07, 6.45) is 12.1. The van der Waals surface area contributed by atoms with Crippen molar-refractivity contribution in [1.29, 1.82) is 0 Å². The number of rotatable bonds is 0. The van der Waals surface area contributed by atoms with Crippen LogP contribution >= 0.6 is 0 Å². The Hall–Kier alpha value is -0.850. The molecule has 0 saturated heterocycles. The molecule has 0 unspecified atom stereocenters. The standard InChI is InChI=1S/C7H9N/c1-2-4-6-8-7-5-3-1/h2,4-7H,1,3H2/b4-2?,7-5-,8-6?. The van der Waals surface area contributed by atoms with E-state index in [4.69, 9.17) is 0 Å². The fourth-order valence-electron chi connectivity index (χ4n) is 0.584. The van der Waals surface area contributed by atoms with E-state index < -0.39 is 0 Å². The zero-order chi connectivity index (χ0) is 5.66. The number of hydrogen-bond acceptors (Lipinski definition) is 1. The lowest BCUT2D eigenvalue weighted by Crippen LogP contribution is -1.70. The van der Waals surface area contributed by atoms with Gasteiger partial charge < -0.3 is 0 Å². The molecular formula is C7H9N. The molecule has 0 radical (unpaired) electrons. The number of nitrogens with zero attached hydrogens (tertiary/aromatic N) is 1. The number of aliphatic imine (C=N–C) groups is 1. The predicted molar refractivity (Wildman–Crippen MR) is 36.0 cm³/mol. The molecule has 1 aliphatic rings. The van der Waals surface area contributed by atoms with Gasteiger partial charge in [0.1, 0.15) is 0 Å². The highest BCUT2D eigenvalue weighted by Crippen LogP contribution is 1.94. The van der Waals surface area contributed by atoms with Gasteiger partial charge in [-0.15, -0.1) is 0 Å². The smallest absolute Gasteiger partial charge is 0.0264 e. The lowest BCUT2D eigenvalue weighted by Gasteiger charge is -1.86. The van der Waals surface area contributed by atoms with Crippen LogP contribution in [0.25, 0.3) is 0 Å². The average Bonchev–Trinajstić information content (AvgIpc) is 1.62. The minimum Gasteiger partial charge on any atom is -0.265 e. The van der Waals surface area contributed by atoms with E-state index in [1.807, 2.05) is 12.3 Å². The molecule has 1 aliphatic heterocycles. The third-order valence-electron chi connectivity index (χ3n) is 1.000. The van der Waals surface area contributed by atoms with E-state index in [0.717, 1.165) is 12.8 Å². The molecule has 0 aromatic rings. The van der Waals surface area contributed by atoms with Crippen molar-refractivity contribution in [2.24, 2.45) is 4.99 Å². The highest BCUT2D eigenvalue weighted by molar-refractivity contribution is 5.71. The average molecular weight is 107 g/mol. The summed E-state index contributed by atoms with van der Waals surface area (Å²) in [6.45, 7) is 0. The lowest BCUT2D eigenvalue weighted by molar-refractivity contribution is 1.05. The van der Waals surface area contributed by atoms with Crippen molar-refractivity contribution in [3.63, 3.8) is 0 Å². The summed E-state index contributed by atoms with van der Waals surface area (Å²) >= 11 is 0. The van der Waals surface area contributed by atoms with Crippen molar-refractivity contribution < 1.29 is 0 Å². The highest BCUT2D eigenvalue weighted by Gasteiger charge is 1.76. The second kappa shape index (κ2) is 3.19. The van der Waals surface area contributed by atoms with Crippen molar-refractivity contribution in [2.45, 2.75) is 12.8 Å². The molecule has 1 heteroatoms. The first-order valence-corrected chi connectivity index (χ1v) is 2.83. The molecule has 8 heavy (non-hydrogen) atoms. The van der Waals surface area contributed by atoms with Gasteiger partial charge in [0.15, 0.2) is 0 Å². The normalized spacial score (nSPS) is 22.0. The summed E-state index contributed by atoms with van der Waals surface area (Å²) in [4.78, 5) is 3.94. The molecular weight excluding hydrogens is 98.1 g/mol. The molecule has 0 amide bonds. The van der Waals surface area contributed by atoms with Crippen molar-refractivity contribution in [3.05, 3.63) is 24.4 Å². The van der Waals surface area contributed by atoms with Gasteiger partial charge >= 0.3 is 0 Å². The Kier molecular flexibility index (Phi) is 2.11. The second-order valence-corrected chi connectivity index (χ2v) is 1.69. The Morgan fingerprint density at radius 1 is 1.12 bits per heavy atom. The second-order valence-electron chi connectivity index (χ2n) is 1.69. The summed E-state index contributed by atoms with van der Waals surface area (Å²) in [5, 5.41) is 0. The minimum absolute atomic E-state index is 1.12. The van der Waals surface area contributed by atoms with Crippen LogP contribution in [0.1, 0.15) is 12.8 Å². The lowest BCUT2D eigenvalue weighted by atomic mass is 10.3. The summed E-state index contributed by atoms with van der Waals surface area (Å²) in [5.74, 6) is 0. The van der Waals surface area contributed by atoms with Crippen molar-refractivity contribution in [1.82, 2.24) is 0 Å². The monoisotopic (exact) mass is 107 g/mol. The van der Waals surface area contributed by atoms with Crippen molar-refractivity contribution in [3.8, 4) is 0 Å². The van der Waals surface area contributed by atoms with Crippen LogP contribution in [0, 0.1) is 0 Å². The maximum absolute atomic E-state index is 3.94. The van der Waals surface area contributed by atoms with Crippen LogP contribution in [0.15, 0.2) is 29.4 Å². The molecule has 0 spiro atoms. The first-order valence-electron chi connectivity index (χ1n) is 2.83. The Labute approximate surface area is 49.4 Å². The van der Waals surface area contributed by atoms with Gasteiger partial charge in [-0.05, 0) is 18.9 Å². The van der Waals surface area contributed by atoms with Crippen LogP contribution in [-0.4, -0.2) is 6.21 Å². The quantitative estimate of drug-likeness (QED) is 0.448. The van der Waals surface area contributed by atoms with E-state index in [2.05, 4.69) is 17.1 Å². The van der Waals surface area contributed by atoms with Crippen LogP contribution < -0.4 is 0 Å². The van der Waals surface area contributed by atoms with E-state index in [1.165, 1.54) is 0 Å². The van der Waals surface area contributed by atoms with Crippen LogP contribution in [0.5, 0.6) is 0 Å². The first-order chi connectivity index (χ1) is 4.00. The number of hydrogen-bond donors (Lipinski definition) is 0. The van der Waals surface area contributed by atoms with E-state index in [9.17, 15) is 0 Å². The van der Waals surface area contributed by atoms with Gasteiger partial charge in [-0.2, -0.15) is 0 Å². The van der Waals surface area contributed by atoms with E-state index in [0.29, 0.717) is 0 Å². The summed E-state index contributed by atoms with van der Waals surface area (Å²) < 4.78 is 0. The fourth-order valence-corrected chi connectivity index (χ4v) is 0.584. The van der Waals surface area contributed by atoms with Gasteiger partial charge in [0.25, 0.3) is 0 Å². The maximum Gasteiger partial charge on any atom is 0.0264 e. The molecule has 0 aromatic carbocycles. The molecule has 0 bridgehead atoms. The molecule has 0 fully saturated rings. The summed E-state index contributed by atoms with van der Waals surface area (Å²) in [5.41, 5.74) is 0. The predicted octanol–water partition coefficient (Wildman–Crippen LogP) is 1.92. The zero-order valence-corrected chi connectivity index (χ0v) is 4.75. The molecule has 0 saturated carbocycles. The van der Waals surface area contributed by atoms with Crippen LogP contribution in [0.3, 0.4) is 0 Å². The van der Waals surface area contributed by atoms with Gasteiger partial charge in [0, 0.05) is 12.4 Å². The fraction of sp³-hybridized carbons (Fsp3) is 0.286. The highest BCUT2D eigenvalue weighted by atomic mass is 14.7.